The Kier molecular flexibility index (Phi) is 3.80. The van der Waals surface area contributed by atoms with Gasteiger partial charge in [0.25, 0.3) is 5.91 Å². The summed E-state index contributed by atoms with van der Waals surface area (Å²) in [6.07, 6.45) is 0.285. The Labute approximate surface area is 144 Å². The van der Waals surface area contributed by atoms with E-state index in [0.29, 0.717) is 13.1 Å². The molecule has 1 N–H and O–H groups in total. The van der Waals surface area contributed by atoms with Crippen molar-refractivity contribution in [3.8, 4) is 0 Å². The highest BCUT2D eigenvalue weighted by Gasteiger charge is 2.27. The van der Waals surface area contributed by atoms with Crippen LogP contribution in [0.1, 0.15) is 33.6 Å². The van der Waals surface area contributed by atoms with Crippen molar-refractivity contribution in [2.45, 2.75) is 24.5 Å². The van der Waals surface area contributed by atoms with E-state index in [9.17, 15) is 9.59 Å². The van der Waals surface area contributed by atoms with Crippen molar-refractivity contribution >= 4 is 29.4 Å². The number of aromatic nitrogens is 2. The van der Waals surface area contributed by atoms with Crippen molar-refractivity contribution < 1.29 is 9.59 Å². The van der Waals surface area contributed by atoms with Crippen LogP contribution in [0.15, 0.2) is 24.3 Å². The maximum absolute atomic E-state index is 12.3. The molecular weight excluding hydrogens is 324 g/mol. The van der Waals surface area contributed by atoms with Crippen molar-refractivity contribution in [3.63, 3.8) is 0 Å². The zero-order valence-corrected chi connectivity index (χ0v) is 14.2. The molecule has 2 aliphatic rings. The first-order valence-corrected chi connectivity index (χ1v) is 9.08. The number of fused-ring (bicyclic) bond motifs is 2. The fourth-order valence-electron chi connectivity index (χ4n) is 3.22. The number of thioether (sulfide) groups is 1. The molecule has 2 aromatic rings. The molecule has 0 aliphatic carbocycles. The first-order valence-electron chi connectivity index (χ1n) is 7.93. The first-order chi connectivity index (χ1) is 11.6. The van der Waals surface area contributed by atoms with E-state index in [1.807, 2.05) is 31.3 Å². The molecule has 0 radical (unpaired) electrons. The van der Waals surface area contributed by atoms with Gasteiger partial charge in [0.05, 0.1) is 5.69 Å². The van der Waals surface area contributed by atoms with Gasteiger partial charge < -0.3 is 10.2 Å². The van der Waals surface area contributed by atoms with E-state index in [2.05, 4.69) is 10.4 Å². The second kappa shape index (κ2) is 5.98. The number of nitrogens with one attached hydrogen (secondary N) is 1. The molecule has 0 unspecified atom stereocenters. The Morgan fingerprint density at radius 3 is 3.00 bits per heavy atom. The van der Waals surface area contributed by atoms with E-state index in [0.717, 1.165) is 39.7 Å². The number of hydrogen-bond donors (Lipinski definition) is 1. The molecule has 1 aromatic carbocycles. The number of amides is 2. The maximum Gasteiger partial charge on any atom is 0.254 e. The van der Waals surface area contributed by atoms with Gasteiger partial charge in [-0.15, -0.1) is 0 Å². The molecule has 3 heterocycles. The molecule has 6 nitrogen and oxygen atoms in total. The molecule has 7 heteroatoms. The van der Waals surface area contributed by atoms with E-state index in [1.54, 1.807) is 21.3 Å². The molecule has 0 saturated carbocycles. The van der Waals surface area contributed by atoms with Crippen molar-refractivity contribution in [2.75, 3.05) is 11.9 Å². The van der Waals surface area contributed by atoms with Gasteiger partial charge in [0, 0.05) is 49.2 Å². The summed E-state index contributed by atoms with van der Waals surface area (Å²) in [6.45, 7) is 1.01. The van der Waals surface area contributed by atoms with Crippen LogP contribution in [0.25, 0.3) is 0 Å². The average Bonchev–Trinajstić information content (AvgIpc) is 3.22. The number of carbonyl (C=O) groups excluding carboxylic acids is 2. The molecule has 1 aromatic heterocycles. The summed E-state index contributed by atoms with van der Waals surface area (Å²) in [5, 5.41) is 7.40. The van der Waals surface area contributed by atoms with E-state index in [4.69, 9.17) is 0 Å². The molecule has 4 rings (SSSR count). The Hall–Kier alpha value is -2.28. The van der Waals surface area contributed by atoms with E-state index in [-0.39, 0.29) is 18.2 Å². The van der Waals surface area contributed by atoms with Gasteiger partial charge in [0.15, 0.2) is 0 Å². The third-order valence-electron chi connectivity index (χ3n) is 4.48. The van der Waals surface area contributed by atoms with Crippen LogP contribution in [0.3, 0.4) is 0 Å². The number of rotatable bonds is 4. The number of anilines is 1. The minimum Gasteiger partial charge on any atom is -0.334 e. The number of hydrogen-bond acceptors (Lipinski definition) is 4. The number of carbonyl (C=O) groups is 2. The molecule has 0 spiro atoms. The Morgan fingerprint density at radius 2 is 2.17 bits per heavy atom. The van der Waals surface area contributed by atoms with Crippen LogP contribution in [0.5, 0.6) is 0 Å². The van der Waals surface area contributed by atoms with Gasteiger partial charge in [-0.1, -0.05) is 18.2 Å². The Balaban J connectivity index is 1.38. The van der Waals surface area contributed by atoms with Gasteiger partial charge in [-0.2, -0.15) is 16.9 Å². The monoisotopic (exact) mass is 342 g/mol. The van der Waals surface area contributed by atoms with Gasteiger partial charge >= 0.3 is 0 Å². The molecule has 24 heavy (non-hydrogen) atoms. The average molecular weight is 342 g/mol. The summed E-state index contributed by atoms with van der Waals surface area (Å²) < 4.78 is 1.74. The third-order valence-corrected chi connectivity index (χ3v) is 5.45. The van der Waals surface area contributed by atoms with Crippen LogP contribution < -0.4 is 5.32 Å². The van der Waals surface area contributed by atoms with Gasteiger partial charge in [-0.3, -0.25) is 14.3 Å². The second-order valence-electron chi connectivity index (χ2n) is 6.07. The standard InChI is InChI=1S/C17H18N4O2S/c1-20-16(13-9-24-10-14(13)19-20)18-15(22)6-7-21-8-11-4-2-3-5-12(11)17(21)23/h2-5H,6-10H2,1H3,(H,18,22). The molecule has 2 amide bonds. The first kappa shape index (κ1) is 15.3. The predicted octanol–water partition coefficient (Wildman–Crippen LogP) is 2.15. The highest BCUT2D eigenvalue weighted by molar-refractivity contribution is 7.98. The molecule has 0 bridgehead atoms. The van der Waals surface area contributed by atoms with Crippen LogP contribution in [-0.2, 0) is 29.9 Å². The van der Waals surface area contributed by atoms with E-state index in [1.165, 1.54) is 0 Å². The summed E-state index contributed by atoms with van der Waals surface area (Å²) in [5.41, 5.74) is 3.97. The molecule has 0 atom stereocenters. The van der Waals surface area contributed by atoms with E-state index < -0.39 is 0 Å². The molecule has 2 aliphatic heterocycles. The van der Waals surface area contributed by atoms with Crippen molar-refractivity contribution in [2.24, 2.45) is 7.05 Å². The highest BCUT2D eigenvalue weighted by Crippen LogP contribution is 2.34. The summed E-state index contributed by atoms with van der Waals surface area (Å²) in [4.78, 5) is 26.3. The molecule has 0 fully saturated rings. The lowest BCUT2D eigenvalue weighted by molar-refractivity contribution is -0.116. The lowest BCUT2D eigenvalue weighted by atomic mass is 10.1. The van der Waals surface area contributed by atoms with Crippen molar-refractivity contribution in [3.05, 3.63) is 46.6 Å². The lowest BCUT2D eigenvalue weighted by Gasteiger charge is -2.15. The molecule has 0 saturated heterocycles. The van der Waals surface area contributed by atoms with Crippen LogP contribution in [0.4, 0.5) is 5.82 Å². The summed E-state index contributed by atoms with van der Waals surface area (Å²) in [5.74, 6) is 2.51. The Bertz CT molecular complexity index is 830. The Morgan fingerprint density at radius 1 is 1.33 bits per heavy atom. The molecule has 124 valence electrons. The summed E-state index contributed by atoms with van der Waals surface area (Å²) in [7, 11) is 1.85. The number of nitrogens with zero attached hydrogens (tertiary/aromatic N) is 3. The SMILES string of the molecule is Cn1nc2c(c1NC(=O)CCN1Cc3ccccc3C1=O)CSC2. The fraction of sp³-hybridized carbons (Fsp3) is 0.353. The maximum atomic E-state index is 12.3. The van der Waals surface area contributed by atoms with Crippen LogP contribution in [0.2, 0.25) is 0 Å². The minimum atomic E-state index is -0.0820. The summed E-state index contributed by atoms with van der Waals surface area (Å²) in [6, 6.07) is 7.61. The fourth-order valence-corrected chi connectivity index (χ4v) is 4.26. The smallest absolute Gasteiger partial charge is 0.254 e. The largest absolute Gasteiger partial charge is 0.334 e. The lowest BCUT2D eigenvalue weighted by Crippen LogP contribution is -2.28. The van der Waals surface area contributed by atoms with Crippen LogP contribution >= 0.6 is 11.8 Å². The highest BCUT2D eigenvalue weighted by atomic mass is 32.2. The van der Waals surface area contributed by atoms with Gasteiger partial charge in [0.2, 0.25) is 5.91 Å². The summed E-state index contributed by atoms with van der Waals surface area (Å²) >= 11 is 1.81. The van der Waals surface area contributed by atoms with Crippen molar-refractivity contribution in [1.29, 1.82) is 0 Å². The topological polar surface area (TPSA) is 67.2 Å². The third kappa shape index (κ3) is 2.58. The van der Waals surface area contributed by atoms with Crippen LogP contribution in [0, 0.1) is 0 Å². The quantitative estimate of drug-likeness (QED) is 0.924. The zero-order valence-electron chi connectivity index (χ0n) is 13.4. The van der Waals surface area contributed by atoms with Gasteiger partial charge in [-0.05, 0) is 11.6 Å². The van der Waals surface area contributed by atoms with Gasteiger partial charge in [0.1, 0.15) is 5.82 Å². The van der Waals surface area contributed by atoms with E-state index >= 15 is 0 Å². The zero-order chi connectivity index (χ0) is 16.7. The molecular formula is C17H18N4O2S. The van der Waals surface area contributed by atoms with Crippen molar-refractivity contribution in [1.82, 2.24) is 14.7 Å². The predicted molar refractivity (Wildman–Crippen MR) is 92.6 cm³/mol. The number of benzene rings is 1. The van der Waals surface area contributed by atoms with Gasteiger partial charge in [-0.25, -0.2) is 0 Å². The second-order valence-corrected chi connectivity index (χ2v) is 7.06. The number of aryl methyl sites for hydroxylation is 1. The normalized spacial score (nSPS) is 15.5. The minimum absolute atomic E-state index is 0.0104. The van der Waals surface area contributed by atoms with Crippen LogP contribution in [-0.4, -0.2) is 33.0 Å².